The second-order valence-corrected chi connectivity index (χ2v) is 6.10. The maximum absolute atomic E-state index is 5.76. The number of halogens is 1. The molecule has 0 aromatic carbocycles. The highest BCUT2D eigenvalue weighted by Crippen LogP contribution is 2.22. The maximum Gasteiger partial charge on any atom is 0.0281 e. The summed E-state index contributed by atoms with van der Waals surface area (Å²) in [6, 6.07) is 0.594. The van der Waals surface area contributed by atoms with E-state index in [4.69, 9.17) is 11.6 Å². The fraction of sp³-hybridized carbons (Fsp3) is 0.846. The van der Waals surface area contributed by atoms with Crippen LogP contribution in [0.5, 0.6) is 0 Å². The van der Waals surface area contributed by atoms with Crippen LogP contribution in [-0.4, -0.2) is 36.1 Å². The smallest absolute Gasteiger partial charge is 0.0281 e. The second kappa shape index (κ2) is 5.52. The quantitative estimate of drug-likeness (QED) is 0.822. The Labute approximate surface area is 105 Å². The molecule has 1 fully saturated rings. The van der Waals surface area contributed by atoms with E-state index < -0.39 is 0 Å². The summed E-state index contributed by atoms with van der Waals surface area (Å²) in [7, 11) is 0. The molecule has 3 heteroatoms. The lowest BCUT2D eigenvalue weighted by Gasteiger charge is -2.47. The average Bonchev–Trinajstić information content (AvgIpc) is 2.20. The van der Waals surface area contributed by atoms with E-state index in [1.54, 1.807) is 5.54 Å². The number of hydrogen-bond acceptors (Lipinski definition) is 2. The Hall–Kier alpha value is -0.0500. The Morgan fingerprint density at radius 1 is 1.56 bits per heavy atom. The van der Waals surface area contributed by atoms with Crippen molar-refractivity contribution in [3.8, 4) is 0 Å². The van der Waals surface area contributed by atoms with E-state index in [0.717, 1.165) is 19.6 Å². The van der Waals surface area contributed by atoms with Crippen LogP contribution in [-0.2, 0) is 0 Å². The third-order valence-corrected chi connectivity index (χ3v) is 3.87. The van der Waals surface area contributed by atoms with Gasteiger partial charge in [0.2, 0.25) is 0 Å². The Morgan fingerprint density at radius 2 is 2.19 bits per heavy atom. The molecule has 16 heavy (non-hydrogen) atoms. The fourth-order valence-corrected chi connectivity index (χ4v) is 2.17. The van der Waals surface area contributed by atoms with Gasteiger partial charge in [-0.05, 0) is 32.3 Å². The van der Waals surface area contributed by atoms with Crippen LogP contribution < -0.4 is 5.32 Å². The normalized spacial score (nSPS) is 27.4. The second-order valence-electron chi connectivity index (χ2n) is 5.88. The molecule has 0 saturated carbocycles. The van der Waals surface area contributed by atoms with Crippen LogP contribution in [0.3, 0.4) is 0 Å². The Balaban J connectivity index is 2.69. The van der Waals surface area contributed by atoms with Crippen molar-refractivity contribution in [1.82, 2.24) is 10.2 Å². The first-order chi connectivity index (χ1) is 7.36. The summed E-state index contributed by atoms with van der Waals surface area (Å²) in [6.45, 7) is 14.3. The van der Waals surface area contributed by atoms with Crippen LogP contribution >= 0.6 is 11.6 Å². The standard InChI is InChI=1S/C13H25ClN2/c1-10(2)12-8-16(7-11(3)6-14)13(4,5)9-15-12/h6,10,12,15H,7-9H2,1-5H3. The van der Waals surface area contributed by atoms with Crippen molar-refractivity contribution < 1.29 is 0 Å². The van der Waals surface area contributed by atoms with E-state index in [9.17, 15) is 0 Å². The first-order valence-electron chi connectivity index (χ1n) is 6.11. The van der Waals surface area contributed by atoms with Gasteiger partial charge in [0, 0.05) is 36.8 Å². The molecule has 2 nitrogen and oxygen atoms in total. The average molecular weight is 245 g/mol. The van der Waals surface area contributed by atoms with Crippen LogP contribution in [0.15, 0.2) is 11.1 Å². The SMILES string of the molecule is CC(=CCl)CN1CC(C(C)C)NCC1(C)C. The van der Waals surface area contributed by atoms with Crippen molar-refractivity contribution in [3.05, 3.63) is 11.1 Å². The topological polar surface area (TPSA) is 15.3 Å². The molecule has 1 atom stereocenters. The number of nitrogens with zero attached hydrogens (tertiary/aromatic N) is 1. The summed E-state index contributed by atoms with van der Waals surface area (Å²) in [5.41, 5.74) is 3.15. The summed E-state index contributed by atoms with van der Waals surface area (Å²) >= 11 is 5.76. The van der Waals surface area contributed by atoms with Crippen LogP contribution in [0.2, 0.25) is 0 Å². The van der Waals surface area contributed by atoms with E-state index in [2.05, 4.69) is 44.8 Å². The minimum absolute atomic E-state index is 0.215. The van der Waals surface area contributed by atoms with Crippen molar-refractivity contribution in [2.24, 2.45) is 5.92 Å². The number of nitrogens with one attached hydrogen (secondary N) is 1. The molecule has 1 N–H and O–H groups in total. The van der Waals surface area contributed by atoms with E-state index in [-0.39, 0.29) is 5.54 Å². The zero-order valence-corrected chi connectivity index (χ0v) is 11.9. The lowest BCUT2D eigenvalue weighted by molar-refractivity contribution is 0.0637. The summed E-state index contributed by atoms with van der Waals surface area (Å²) < 4.78 is 0. The van der Waals surface area contributed by atoms with E-state index in [0.29, 0.717) is 12.0 Å². The van der Waals surface area contributed by atoms with Gasteiger partial charge in [-0.2, -0.15) is 0 Å². The predicted molar refractivity (Wildman–Crippen MR) is 71.9 cm³/mol. The largest absolute Gasteiger partial charge is 0.311 e. The van der Waals surface area contributed by atoms with Crippen molar-refractivity contribution >= 4 is 11.6 Å². The van der Waals surface area contributed by atoms with Crippen molar-refractivity contribution in [2.45, 2.75) is 46.2 Å². The van der Waals surface area contributed by atoms with Gasteiger partial charge < -0.3 is 5.32 Å². The molecular weight excluding hydrogens is 220 g/mol. The first kappa shape index (κ1) is 14.0. The predicted octanol–water partition coefficient (Wildman–Crippen LogP) is 2.84. The maximum atomic E-state index is 5.76. The van der Waals surface area contributed by atoms with Crippen molar-refractivity contribution in [3.63, 3.8) is 0 Å². The molecule has 1 rings (SSSR count). The van der Waals surface area contributed by atoms with Gasteiger partial charge in [-0.25, -0.2) is 0 Å². The molecule has 1 saturated heterocycles. The molecule has 0 aromatic rings. The lowest BCUT2D eigenvalue weighted by Crippen LogP contribution is -2.63. The molecule has 0 aromatic heterocycles. The Kier molecular flexibility index (Phi) is 4.84. The molecular formula is C13H25ClN2. The van der Waals surface area contributed by atoms with Crippen molar-refractivity contribution in [1.29, 1.82) is 0 Å². The van der Waals surface area contributed by atoms with Gasteiger partial charge in [0.05, 0.1) is 0 Å². The van der Waals surface area contributed by atoms with Gasteiger partial charge in [0.1, 0.15) is 0 Å². The molecule has 0 amide bonds. The van der Waals surface area contributed by atoms with Gasteiger partial charge in [-0.15, -0.1) is 0 Å². The van der Waals surface area contributed by atoms with E-state index in [1.807, 2.05) is 0 Å². The highest BCUT2D eigenvalue weighted by atomic mass is 35.5. The molecule has 1 aliphatic rings. The summed E-state index contributed by atoms with van der Waals surface area (Å²) in [5, 5.41) is 3.64. The number of rotatable bonds is 3. The molecule has 1 aliphatic heterocycles. The van der Waals surface area contributed by atoms with Crippen molar-refractivity contribution in [2.75, 3.05) is 19.6 Å². The summed E-state index contributed by atoms with van der Waals surface area (Å²) in [4.78, 5) is 2.53. The van der Waals surface area contributed by atoms with Crippen LogP contribution in [0.1, 0.15) is 34.6 Å². The molecule has 0 aliphatic carbocycles. The highest BCUT2D eigenvalue weighted by molar-refractivity contribution is 6.25. The monoisotopic (exact) mass is 244 g/mol. The van der Waals surface area contributed by atoms with Gasteiger partial charge in [0.25, 0.3) is 0 Å². The Morgan fingerprint density at radius 3 is 2.69 bits per heavy atom. The number of piperazine rings is 1. The third-order valence-electron chi connectivity index (χ3n) is 3.50. The molecule has 1 heterocycles. The summed E-state index contributed by atoms with van der Waals surface area (Å²) in [5.74, 6) is 0.680. The molecule has 94 valence electrons. The molecule has 0 spiro atoms. The minimum Gasteiger partial charge on any atom is -0.311 e. The van der Waals surface area contributed by atoms with Gasteiger partial charge in [-0.3, -0.25) is 4.90 Å². The number of hydrogen-bond donors (Lipinski definition) is 1. The van der Waals surface area contributed by atoms with Crippen LogP contribution in [0.25, 0.3) is 0 Å². The molecule has 0 bridgehead atoms. The zero-order chi connectivity index (χ0) is 12.3. The fourth-order valence-electron chi connectivity index (χ4n) is 2.10. The minimum atomic E-state index is 0.215. The summed E-state index contributed by atoms with van der Waals surface area (Å²) in [6.07, 6.45) is 0. The first-order valence-corrected chi connectivity index (χ1v) is 6.55. The Bertz CT molecular complexity index is 259. The van der Waals surface area contributed by atoms with Gasteiger partial charge in [0.15, 0.2) is 0 Å². The van der Waals surface area contributed by atoms with Crippen LogP contribution in [0, 0.1) is 5.92 Å². The third kappa shape index (κ3) is 3.47. The zero-order valence-electron chi connectivity index (χ0n) is 11.2. The molecule has 0 radical (unpaired) electrons. The highest BCUT2D eigenvalue weighted by Gasteiger charge is 2.34. The van der Waals surface area contributed by atoms with Gasteiger partial charge in [-0.1, -0.05) is 25.4 Å². The molecule has 1 unspecified atom stereocenters. The van der Waals surface area contributed by atoms with Gasteiger partial charge >= 0.3 is 0 Å². The van der Waals surface area contributed by atoms with E-state index >= 15 is 0 Å². The lowest BCUT2D eigenvalue weighted by atomic mass is 9.92. The van der Waals surface area contributed by atoms with E-state index in [1.165, 1.54) is 5.57 Å². The van der Waals surface area contributed by atoms with Crippen LogP contribution in [0.4, 0.5) is 0 Å².